The third-order valence-corrected chi connectivity index (χ3v) is 7.68. The van der Waals surface area contributed by atoms with Crippen LogP contribution in [-0.4, -0.2) is 22.8 Å². The zero-order chi connectivity index (χ0) is 30.2. The molecule has 1 aromatic heterocycles. The first-order valence-corrected chi connectivity index (χ1v) is 13.5. The number of nitro benzene ring substituents is 1. The summed E-state index contributed by atoms with van der Waals surface area (Å²) >= 11 is 0. The van der Waals surface area contributed by atoms with Crippen LogP contribution in [0.4, 0.5) is 11.4 Å². The highest BCUT2D eigenvalue weighted by atomic mass is 16.6. The lowest BCUT2D eigenvalue weighted by Crippen LogP contribution is -2.42. The summed E-state index contributed by atoms with van der Waals surface area (Å²) in [4.78, 5) is 30.6. The maximum absolute atomic E-state index is 13.8. The SMILES string of the molecule is COc1ccc([C@H]2C(C#N)=C(N)N(c3cccnc3)C3=C2C(=O)CC(C)(C)C3)cc1COc1ccc([N+](=O)[O-])c(C)c1. The fourth-order valence-electron chi connectivity index (χ4n) is 5.80. The number of rotatable bonds is 7. The Balaban J connectivity index is 1.59. The maximum atomic E-state index is 13.8. The van der Waals surface area contributed by atoms with Crippen LogP contribution in [0, 0.1) is 33.8 Å². The molecule has 2 heterocycles. The third kappa shape index (κ3) is 5.17. The summed E-state index contributed by atoms with van der Waals surface area (Å²) in [5, 5.41) is 21.6. The number of aromatic nitrogens is 1. The summed E-state index contributed by atoms with van der Waals surface area (Å²) in [6, 6.07) is 16.0. The van der Waals surface area contributed by atoms with Crippen LogP contribution in [0.2, 0.25) is 0 Å². The van der Waals surface area contributed by atoms with Crippen molar-refractivity contribution in [2.45, 2.75) is 46.1 Å². The molecule has 5 rings (SSSR count). The lowest BCUT2D eigenvalue weighted by atomic mass is 9.68. The van der Waals surface area contributed by atoms with E-state index in [1.165, 1.54) is 6.07 Å². The number of aryl methyl sites for hydroxylation is 1. The van der Waals surface area contributed by atoms with Crippen molar-refractivity contribution in [2.75, 3.05) is 12.0 Å². The summed E-state index contributed by atoms with van der Waals surface area (Å²) in [7, 11) is 1.55. The molecule has 10 nitrogen and oxygen atoms in total. The van der Waals surface area contributed by atoms with Gasteiger partial charge in [-0.25, -0.2) is 0 Å². The number of pyridine rings is 1. The molecule has 0 unspecified atom stereocenters. The van der Waals surface area contributed by atoms with Crippen LogP contribution in [0.1, 0.15) is 49.3 Å². The number of ether oxygens (including phenoxy) is 2. The molecule has 0 amide bonds. The van der Waals surface area contributed by atoms with Gasteiger partial charge in [0.2, 0.25) is 0 Å². The number of anilines is 1. The molecule has 1 aliphatic carbocycles. The molecule has 0 saturated carbocycles. The predicted octanol–water partition coefficient (Wildman–Crippen LogP) is 5.83. The van der Waals surface area contributed by atoms with Crippen LogP contribution in [0.25, 0.3) is 0 Å². The fraction of sp³-hybridized carbons (Fsp3) is 0.281. The quantitative estimate of drug-likeness (QED) is 0.276. The van der Waals surface area contributed by atoms with Crippen molar-refractivity contribution < 1.29 is 19.2 Å². The second-order valence-corrected chi connectivity index (χ2v) is 11.3. The van der Waals surface area contributed by atoms with Crippen LogP contribution in [0.5, 0.6) is 11.5 Å². The van der Waals surface area contributed by atoms with E-state index in [4.69, 9.17) is 15.2 Å². The first-order chi connectivity index (χ1) is 20.0. The van der Waals surface area contributed by atoms with E-state index in [2.05, 4.69) is 11.1 Å². The van der Waals surface area contributed by atoms with Crippen molar-refractivity contribution in [3.63, 3.8) is 0 Å². The van der Waals surface area contributed by atoms with E-state index in [0.717, 1.165) is 5.70 Å². The molecule has 0 spiro atoms. The molecule has 3 aromatic rings. The van der Waals surface area contributed by atoms with E-state index in [9.17, 15) is 20.2 Å². The number of methoxy groups -OCH3 is 1. The Labute approximate surface area is 243 Å². The standard InChI is InChI=1S/C32H31N5O5/c1-19-12-23(8-9-25(19)37(39)40)42-18-21-13-20(7-10-28(21)41-4)29-24(16-33)31(34)36(22-6-5-11-35-17-22)26-14-32(2,3)15-27(38)30(26)29/h5-13,17,29H,14-15,18,34H2,1-4H3/t29-/m0/s1. The zero-order valence-electron chi connectivity index (χ0n) is 23.9. The molecule has 0 saturated heterocycles. The van der Waals surface area contributed by atoms with Gasteiger partial charge >= 0.3 is 0 Å². The molecular weight excluding hydrogens is 534 g/mol. The number of carbonyl (C=O) groups is 1. The average Bonchev–Trinajstić information content (AvgIpc) is 2.95. The second kappa shape index (κ2) is 11.0. The minimum Gasteiger partial charge on any atom is -0.496 e. The number of ketones is 1. The van der Waals surface area contributed by atoms with Crippen LogP contribution in [0.3, 0.4) is 0 Å². The number of nitrogens with zero attached hydrogens (tertiary/aromatic N) is 4. The van der Waals surface area contributed by atoms with Gasteiger partial charge in [0, 0.05) is 41.1 Å². The summed E-state index contributed by atoms with van der Waals surface area (Å²) in [5.41, 5.74) is 10.6. The summed E-state index contributed by atoms with van der Waals surface area (Å²) in [6.45, 7) is 5.84. The number of benzene rings is 2. The minimum absolute atomic E-state index is 0.0115. The summed E-state index contributed by atoms with van der Waals surface area (Å²) in [6.07, 6.45) is 4.26. The lowest BCUT2D eigenvalue weighted by molar-refractivity contribution is -0.385. The van der Waals surface area contributed by atoms with Crippen molar-refractivity contribution in [3.8, 4) is 17.6 Å². The van der Waals surface area contributed by atoms with E-state index < -0.39 is 10.8 Å². The number of Topliss-reactive ketones (excluding diaryl/α,β-unsaturated/α-hetero) is 1. The number of nitro groups is 1. The first kappa shape index (κ1) is 28.4. The smallest absolute Gasteiger partial charge is 0.272 e. The van der Waals surface area contributed by atoms with Crippen molar-refractivity contribution in [1.82, 2.24) is 4.98 Å². The molecule has 0 fully saturated rings. The van der Waals surface area contributed by atoms with E-state index in [1.54, 1.807) is 55.6 Å². The van der Waals surface area contributed by atoms with Crippen molar-refractivity contribution in [3.05, 3.63) is 110 Å². The highest BCUT2D eigenvalue weighted by Crippen LogP contribution is 2.50. The lowest BCUT2D eigenvalue weighted by Gasteiger charge is -2.43. The highest BCUT2D eigenvalue weighted by molar-refractivity contribution is 6.01. The molecule has 42 heavy (non-hydrogen) atoms. The number of hydrogen-bond donors (Lipinski definition) is 1. The average molecular weight is 566 g/mol. The van der Waals surface area contributed by atoms with Crippen LogP contribution in [0.15, 0.2) is 83.6 Å². The number of allylic oxidation sites excluding steroid dienone is 3. The predicted molar refractivity (Wildman–Crippen MR) is 156 cm³/mol. The Bertz CT molecular complexity index is 1690. The molecule has 2 aromatic carbocycles. The summed E-state index contributed by atoms with van der Waals surface area (Å²) in [5.74, 6) is 0.579. The largest absolute Gasteiger partial charge is 0.496 e. The molecule has 0 radical (unpaired) electrons. The third-order valence-electron chi connectivity index (χ3n) is 7.68. The van der Waals surface area contributed by atoms with Crippen molar-refractivity contribution in [2.24, 2.45) is 11.1 Å². The molecule has 1 aliphatic heterocycles. The second-order valence-electron chi connectivity index (χ2n) is 11.3. The number of nitrogens with two attached hydrogens (primary N) is 1. The zero-order valence-corrected chi connectivity index (χ0v) is 23.9. The maximum Gasteiger partial charge on any atom is 0.272 e. The molecule has 214 valence electrons. The topological polar surface area (TPSA) is 145 Å². The van der Waals surface area contributed by atoms with Crippen LogP contribution in [-0.2, 0) is 11.4 Å². The monoisotopic (exact) mass is 565 g/mol. The normalized spacial score (nSPS) is 17.9. The van der Waals surface area contributed by atoms with Gasteiger partial charge in [-0.2, -0.15) is 5.26 Å². The van der Waals surface area contributed by atoms with Crippen LogP contribution < -0.4 is 20.1 Å². The minimum atomic E-state index is -0.673. The molecule has 10 heteroatoms. The van der Waals surface area contributed by atoms with Gasteiger partial charge in [-0.15, -0.1) is 0 Å². The molecule has 0 bridgehead atoms. The van der Waals surface area contributed by atoms with E-state index in [-0.39, 0.29) is 34.9 Å². The van der Waals surface area contributed by atoms with Crippen LogP contribution >= 0.6 is 0 Å². The van der Waals surface area contributed by atoms with Gasteiger partial charge in [0.1, 0.15) is 23.9 Å². The fourth-order valence-corrected chi connectivity index (χ4v) is 5.80. The van der Waals surface area contributed by atoms with Gasteiger partial charge in [0.15, 0.2) is 5.78 Å². The number of hydrogen-bond acceptors (Lipinski definition) is 9. The first-order valence-electron chi connectivity index (χ1n) is 13.5. The van der Waals surface area contributed by atoms with Gasteiger partial charge < -0.3 is 15.2 Å². The highest BCUT2D eigenvalue weighted by Gasteiger charge is 2.44. The Morgan fingerprint density at radius 2 is 2.00 bits per heavy atom. The van der Waals surface area contributed by atoms with Gasteiger partial charge in [-0.1, -0.05) is 19.9 Å². The number of nitriles is 1. The van der Waals surface area contributed by atoms with Gasteiger partial charge in [0.25, 0.3) is 5.69 Å². The van der Waals surface area contributed by atoms with Gasteiger partial charge in [-0.05, 0) is 60.7 Å². The Morgan fingerprint density at radius 1 is 1.21 bits per heavy atom. The number of carbonyl (C=O) groups excluding carboxylic acids is 1. The summed E-state index contributed by atoms with van der Waals surface area (Å²) < 4.78 is 11.6. The van der Waals surface area contributed by atoms with Gasteiger partial charge in [-0.3, -0.25) is 24.8 Å². The Kier molecular flexibility index (Phi) is 7.44. The van der Waals surface area contributed by atoms with E-state index in [0.29, 0.717) is 52.3 Å². The van der Waals surface area contributed by atoms with Crippen molar-refractivity contribution >= 4 is 17.2 Å². The Hall–Kier alpha value is -5.17. The molecule has 1 atom stereocenters. The molecular formula is C32H31N5O5. The van der Waals surface area contributed by atoms with Crippen molar-refractivity contribution in [1.29, 1.82) is 5.26 Å². The molecule has 2 N–H and O–H groups in total. The van der Waals surface area contributed by atoms with Gasteiger partial charge in [0.05, 0.1) is 41.5 Å². The van der Waals surface area contributed by atoms with E-state index in [1.807, 2.05) is 32.0 Å². The van der Waals surface area contributed by atoms with E-state index >= 15 is 0 Å². The molecule has 2 aliphatic rings. The Morgan fingerprint density at radius 3 is 2.64 bits per heavy atom.